The fraction of sp³-hybridized carbons (Fsp3) is 0.571. The van der Waals surface area contributed by atoms with Crippen molar-refractivity contribution in [2.45, 2.75) is 38.7 Å². The van der Waals surface area contributed by atoms with Crippen LogP contribution in [0, 0.1) is 0 Å². The summed E-state index contributed by atoms with van der Waals surface area (Å²) in [5.41, 5.74) is 4.47. The van der Waals surface area contributed by atoms with Crippen molar-refractivity contribution in [1.29, 1.82) is 0 Å². The molecule has 1 rings (SSSR count). The molecule has 0 amide bonds. The number of methoxy groups -OCH3 is 1. The first-order chi connectivity index (χ1) is 9.15. The Hall–Kier alpha value is -1.27. The summed E-state index contributed by atoms with van der Waals surface area (Å²) in [6.07, 6.45) is -3.83. The molecule has 0 aliphatic heterocycles. The van der Waals surface area contributed by atoms with E-state index in [2.05, 4.69) is 0 Å². The monoisotopic (exact) mass is 291 g/mol. The van der Waals surface area contributed by atoms with E-state index in [9.17, 15) is 13.2 Å². The maximum Gasteiger partial charge on any atom is 0.416 e. The van der Waals surface area contributed by atoms with Crippen molar-refractivity contribution >= 4 is 5.69 Å². The Morgan fingerprint density at radius 2 is 1.85 bits per heavy atom. The summed E-state index contributed by atoms with van der Waals surface area (Å²) in [6.45, 7) is 4.00. The third-order valence-electron chi connectivity index (χ3n) is 3.10. The van der Waals surface area contributed by atoms with Crippen LogP contribution in [0.4, 0.5) is 18.9 Å². The molecule has 20 heavy (non-hydrogen) atoms. The van der Waals surface area contributed by atoms with Gasteiger partial charge >= 0.3 is 6.18 Å². The first-order valence-corrected chi connectivity index (χ1v) is 6.24. The molecule has 0 unspecified atom stereocenters. The minimum absolute atomic E-state index is 0.0848. The molecule has 0 heterocycles. The quantitative estimate of drug-likeness (QED) is 0.643. The first kappa shape index (κ1) is 16.8. The van der Waals surface area contributed by atoms with Crippen LogP contribution < -0.4 is 5.73 Å². The zero-order chi connectivity index (χ0) is 15.4. The molecule has 0 spiro atoms. The average molecular weight is 291 g/mol. The number of nitrogens with two attached hydrogens (primary N) is 1. The number of benzene rings is 1. The van der Waals surface area contributed by atoms with Gasteiger partial charge in [-0.3, -0.25) is 0 Å². The third-order valence-corrected chi connectivity index (χ3v) is 3.10. The van der Waals surface area contributed by atoms with Gasteiger partial charge in [0.25, 0.3) is 0 Å². The van der Waals surface area contributed by atoms with Gasteiger partial charge in [0.2, 0.25) is 0 Å². The van der Waals surface area contributed by atoms with Crippen molar-refractivity contribution in [3.63, 3.8) is 0 Å². The fourth-order valence-corrected chi connectivity index (χ4v) is 1.59. The molecule has 0 saturated carbocycles. The van der Waals surface area contributed by atoms with Gasteiger partial charge in [0.05, 0.1) is 17.8 Å². The van der Waals surface area contributed by atoms with Crippen LogP contribution in [0.3, 0.4) is 0 Å². The Bertz CT molecular complexity index is 445. The molecule has 3 nitrogen and oxygen atoms in total. The Labute approximate surface area is 116 Å². The molecular weight excluding hydrogens is 271 g/mol. The summed E-state index contributed by atoms with van der Waals surface area (Å²) >= 11 is 0. The summed E-state index contributed by atoms with van der Waals surface area (Å²) in [7, 11) is 1.59. The van der Waals surface area contributed by atoms with Gasteiger partial charge in [0.15, 0.2) is 0 Å². The lowest BCUT2D eigenvalue weighted by Crippen LogP contribution is -2.24. The third kappa shape index (κ3) is 5.02. The number of hydrogen-bond acceptors (Lipinski definition) is 3. The molecular formula is C14H20F3NO2. The van der Waals surface area contributed by atoms with Crippen molar-refractivity contribution in [2.75, 3.05) is 19.5 Å². The van der Waals surface area contributed by atoms with E-state index in [-0.39, 0.29) is 23.5 Å². The second kappa shape index (κ2) is 6.45. The lowest BCUT2D eigenvalue weighted by molar-refractivity contribution is -0.139. The van der Waals surface area contributed by atoms with Crippen LogP contribution in [0.5, 0.6) is 0 Å². The fourth-order valence-electron chi connectivity index (χ4n) is 1.59. The Kier molecular flexibility index (Phi) is 5.42. The highest BCUT2D eigenvalue weighted by molar-refractivity contribution is 5.45. The zero-order valence-electron chi connectivity index (χ0n) is 11.9. The van der Waals surface area contributed by atoms with Gasteiger partial charge in [-0.25, -0.2) is 0 Å². The van der Waals surface area contributed by atoms with E-state index in [4.69, 9.17) is 15.2 Å². The van der Waals surface area contributed by atoms with E-state index in [1.807, 2.05) is 13.8 Å². The van der Waals surface area contributed by atoms with E-state index in [0.29, 0.717) is 13.0 Å². The van der Waals surface area contributed by atoms with E-state index < -0.39 is 11.7 Å². The van der Waals surface area contributed by atoms with E-state index in [0.717, 1.165) is 6.07 Å². The number of halogens is 3. The van der Waals surface area contributed by atoms with Gasteiger partial charge in [0, 0.05) is 19.4 Å². The molecule has 0 aromatic heterocycles. The van der Waals surface area contributed by atoms with Crippen LogP contribution in [0.15, 0.2) is 18.2 Å². The molecule has 0 radical (unpaired) electrons. The molecule has 2 N–H and O–H groups in total. The maximum atomic E-state index is 12.9. The van der Waals surface area contributed by atoms with Crippen molar-refractivity contribution < 1.29 is 22.6 Å². The second-order valence-corrected chi connectivity index (χ2v) is 5.18. The van der Waals surface area contributed by atoms with Crippen LogP contribution in [0.2, 0.25) is 0 Å². The van der Waals surface area contributed by atoms with E-state index in [1.165, 1.54) is 12.1 Å². The number of hydrogen-bond donors (Lipinski definition) is 1. The summed E-state index contributed by atoms with van der Waals surface area (Å²) in [6, 6.07) is 3.71. The van der Waals surface area contributed by atoms with Gasteiger partial charge in [-0.1, -0.05) is 6.07 Å². The minimum Gasteiger partial charge on any atom is -0.399 e. The van der Waals surface area contributed by atoms with Crippen molar-refractivity contribution in [3.8, 4) is 0 Å². The molecule has 0 aliphatic carbocycles. The number of nitrogen functional groups attached to an aromatic ring is 1. The van der Waals surface area contributed by atoms with Gasteiger partial charge in [-0.15, -0.1) is 0 Å². The first-order valence-electron chi connectivity index (χ1n) is 6.24. The molecule has 6 heteroatoms. The summed E-state index contributed by atoms with van der Waals surface area (Å²) in [5, 5.41) is 0. The van der Waals surface area contributed by atoms with Crippen LogP contribution in [-0.4, -0.2) is 19.3 Å². The normalized spacial score (nSPS) is 12.7. The predicted molar refractivity (Wildman–Crippen MR) is 71.2 cm³/mol. The van der Waals surface area contributed by atoms with Crippen LogP contribution in [0.25, 0.3) is 0 Å². The SMILES string of the molecule is COC(C)(C)CCOCc1ccc(N)cc1C(F)(F)F. The molecule has 1 aromatic rings. The Morgan fingerprint density at radius 3 is 2.40 bits per heavy atom. The summed E-state index contributed by atoms with van der Waals surface area (Å²) in [4.78, 5) is 0. The van der Waals surface area contributed by atoms with Crippen LogP contribution in [-0.2, 0) is 22.3 Å². The highest BCUT2D eigenvalue weighted by Gasteiger charge is 2.33. The van der Waals surface area contributed by atoms with Gasteiger partial charge in [-0.05, 0) is 38.0 Å². The van der Waals surface area contributed by atoms with Crippen LogP contribution >= 0.6 is 0 Å². The molecule has 0 bridgehead atoms. The maximum absolute atomic E-state index is 12.9. The lowest BCUT2D eigenvalue weighted by Gasteiger charge is -2.22. The predicted octanol–water partition coefficient (Wildman–Crippen LogP) is 3.62. The van der Waals surface area contributed by atoms with Gasteiger partial charge < -0.3 is 15.2 Å². The molecule has 0 aliphatic rings. The van der Waals surface area contributed by atoms with Crippen molar-refractivity contribution in [3.05, 3.63) is 29.3 Å². The lowest BCUT2D eigenvalue weighted by atomic mass is 10.1. The molecule has 0 atom stereocenters. The summed E-state index contributed by atoms with van der Waals surface area (Å²) in [5.74, 6) is 0. The average Bonchev–Trinajstić information content (AvgIpc) is 2.35. The van der Waals surface area contributed by atoms with E-state index in [1.54, 1.807) is 7.11 Å². The number of alkyl halides is 3. The largest absolute Gasteiger partial charge is 0.416 e. The number of ether oxygens (including phenoxy) is 2. The van der Waals surface area contributed by atoms with Crippen LogP contribution in [0.1, 0.15) is 31.4 Å². The number of anilines is 1. The van der Waals surface area contributed by atoms with Gasteiger partial charge in [0.1, 0.15) is 0 Å². The van der Waals surface area contributed by atoms with E-state index >= 15 is 0 Å². The number of rotatable bonds is 6. The minimum atomic E-state index is -4.43. The zero-order valence-corrected chi connectivity index (χ0v) is 11.9. The van der Waals surface area contributed by atoms with Crippen molar-refractivity contribution in [2.24, 2.45) is 0 Å². The Balaban J connectivity index is 2.65. The Morgan fingerprint density at radius 1 is 1.20 bits per heavy atom. The molecule has 0 fully saturated rings. The summed E-state index contributed by atoms with van der Waals surface area (Å²) < 4.78 is 49.1. The molecule has 1 aromatic carbocycles. The second-order valence-electron chi connectivity index (χ2n) is 5.18. The van der Waals surface area contributed by atoms with Crippen molar-refractivity contribution in [1.82, 2.24) is 0 Å². The standard InChI is InChI=1S/C14H20F3NO2/c1-13(2,19-3)6-7-20-9-10-4-5-11(18)8-12(10)14(15,16)17/h4-5,8H,6-7,9,18H2,1-3H3. The molecule has 0 saturated heterocycles. The van der Waals surface area contributed by atoms with Gasteiger partial charge in [-0.2, -0.15) is 13.2 Å². The highest BCUT2D eigenvalue weighted by atomic mass is 19.4. The smallest absolute Gasteiger partial charge is 0.399 e. The topological polar surface area (TPSA) is 44.5 Å². The highest BCUT2D eigenvalue weighted by Crippen LogP contribution is 2.33. The molecule has 114 valence electrons.